The summed E-state index contributed by atoms with van der Waals surface area (Å²) in [6, 6.07) is 20.3. The number of nitrogens with zero attached hydrogens (tertiary/aromatic N) is 2. The van der Waals surface area contributed by atoms with Crippen LogP contribution in [0.3, 0.4) is 0 Å². The topological polar surface area (TPSA) is 86.6 Å². The number of para-hydroxylation sites is 1. The van der Waals surface area contributed by atoms with Gasteiger partial charge in [-0.15, -0.1) is 0 Å². The number of anilines is 2. The lowest BCUT2D eigenvalue weighted by atomic mass is 10.1. The summed E-state index contributed by atoms with van der Waals surface area (Å²) < 4.78 is 17.9. The number of rotatable bonds is 7. The summed E-state index contributed by atoms with van der Waals surface area (Å²) in [6.45, 7) is 1.96. The fraction of sp³-hybridized carbons (Fsp3) is 0.154. The number of ether oxygens (including phenoxy) is 3. The molecule has 0 aliphatic heterocycles. The smallest absolute Gasteiger partial charge is 0.323 e. The van der Waals surface area contributed by atoms with Crippen LogP contribution in [0.25, 0.3) is 16.9 Å². The summed E-state index contributed by atoms with van der Waals surface area (Å²) in [7, 11) is 4.72. The first-order chi connectivity index (χ1) is 16.5. The second-order valence-corrected chi connectivity index (χ2v) is 7.52. The van der Waals surface area contributed by atoms with Crippen molar-refractivity contribution in [3.05, 3.63) is 78.5 Å². The number of benzene rings is 3. The molecule has 4 aromatic rings. The van der Waals surface area contributed by atoms with Crippen molar-refractivity contribution in [1.29, 1.82) is 0 Å². The number of carbonyl (C=O) groups excluding carboxylic acids is 1. The molecular formula is C26H26N4O4. The Morgan fingerprint density at radius 2 is 1.50 bits per heavy atom. The molecule has 0 aliphatic rings. The Bertz CT molecular complexity index is 1300. The molecule has 34 heavy (non-hydrogen) atoms. The lowest BCUT2D eigenvalue weighted by Gasteiger charge is -2.12. The Morgan fingerprint density at radius 1 is 0.794 bits per heavy atom. The molecule has 1 aromatic heterocycles. The summed E-state index contributed by atoms with van der Waals surface area (Å²) in [5.41, 5.74) is 4.32. The van der Waals surface area contributed by atoms with Gasteiger partial charge in [0.1, 0.15) is 11.4 Å². The van der Waals surface area contributed by atoms with Crippen LogP contribution >= 0.6 is 0 Å². The van der Waals surface area contributed by atoms with Crippen LogP contribution in [-0.4, -0.2) is 37.1 Å². The average molecular weight is 459 g/mol. The number of urea groups is 1. The minimum atomic E-state index is -0.420. The highest BCUT2D eigenvalue weighted by Gasteiger charge is 2.17. The maximum absolute atomic E-state index is 12.9. The molecule has 174 valence electrons. The van der Waals surface area contributed by atoms with Crippen LogP contribution in [-0.2, 0) is 0 Å². The van der Waals surface area contributed by atoms with E-state index in [1.54, 1.807) is 44.3 Å². The van der Waals surface area contributed by atoms with Crippen molar-refractivity contribution in [2.45, 2.75) is 6.92 Å². The molecule has 3 aromatic carbocycles. The summed E-state index contributed by atoms with van der Waals surface area (Å²) >= 11 is 0. The first-order valence-electron chi connectivity index (χ1n) is 10.6. The maximum atomic E-state index is 12.9. The van der Waals surface area contributed by atoms with E-state index in [2.05, 4.69) is 10.6 Å². The number of hydrogen-bond acceptors (Lipinski definition) is 5. The first kappa shape index (κ1) is 22.7. The molecule has 0 fully saturated rings. The first-order valence-corrected chi connectivity index (χ1v) is 10.6. The van der Waals surface area contributed by atoms with Gasteiger partial charge in [0.25, 0.3) is 0 Å². The van der Waals surface area contributed by atoms with Crippen molar-refractivity contribution in [1.82, 2.24) is 9.78 Å². The van der Waals surface area contributed by atoms with E-state index in [0.717, 1.165) is 16.8 Å². The molecule has 0 saturated carbocycles. The lowest BCUT2D eigenvalue weighted by Crippen LogP contribution is -2.20. The van der Waals surface area contributed by atoms with Crippen LogP contribution in [0.15, 0.2) is 72.9 Å². The number of hydrogen-bond donors (Lipinski definition) is 2. The van der Waals surface area contributed by atoms with Gasteiger partial charge in [-0.25, -0.2) is 9.48 Å². The van der Waals surface area contributed by atoms with Gasteiger partial charge in [-0.05, 0) is 55.0 Å². The summed E-state index contributed by atoms with van der Waals surface area (Å²) in [6.07, 6.45) is 1.77. The summed E-state index contributed by atoms with van der Waals surface area (Å²) in [5, 5.41) is 10.5. The van der Waals surface area contributed by atoms with E-state index in [4.69, 9.17) is 19.3 Å². The van der Waals surface area contributed by atoms with E-state index >= 15 is 0 Å². The third-order valence-electron chi connectivity index (χ3n) is 5.25. The van der Waals surface area contributed by atoms with Crippen molar-refractivity contribution in [2.24, 2.45) is 0 Å². The average Bonchev–Trinajstić information content (AvgIpc) is 3.28. The predicted molar refractivity (Wildman–Crippen MR) is 132 cm³/mol. The van der Waals surface area contributed by atoms with E-state index in [-0.39, 0.29) is 0 Å². The van der Waals surface area contributed by atoms with Crippen LogP contribution in [0, 0.1) is 6.92 Å². The molecule has 0 radical (unpaired) electrons. The third kappa shape index (κ3) is 4.80. The Balaban J connectivity index is 1.70. The van der Waals surface area contributed by atoms with Crippen molar-refractivity contribution in [3.8, 4) is 34.2 Å². The van der Waals surface area contributed by atoms with E-state index in [1.807, 2.05) is 61.5 Å². The van der Waals surface area contributed by atoms with Crippen LogP contribution < -0.4 is 24.8 Å². The minimum Gasteiger partial charge on any atom is -0.495 e. The molecule has 4 rings (SSSR count). The zero-order valence-electron chi connectivity index (χ0n) is 19.5. The fourth-order valence-electron chi connectivity index (χ4n) is 3.55. The molecule has 0 spiro atoms. The third-order valence-corrected chi connectivity index (χ3v) is 5.25. The minimum absolute atomic E-state index is 0.420. The highest BCUT2D eigenvalue weighted by atomic mass is 16.5. The Labute approximate surface area is 198 Å². The largest absolute Gasteiger partial charge is 0.495 e. The van der Waals surface area contributed by atoms with Crippen molar-refractivity contribution in [3.63, 3.8) is 0 Å². The molecule has 2 N–H and O–H groups in total. The quantitative estimate of drug-likeness (QED) is 0.381. The molecule has 8 nitrogen and oxygen atoms in total. The van der Waals surface area contributed by atoms with E-state index in [0.29, 0.717) is 34.3 Å². The van der Waals surface area contributed by atoms with Gasteiger partial charge in [0.2, 0.25) is 0 Å². The summed E-state index contributed by atoms with van der Waals surface area (Å²) in [4.78, 5) is 12.9. The van der Waals surface area contributed by atoms with Crippen molar-refractivity contribution in [2.75, 3.05) is 32.0 Å². The van der Waals surface area contributed by atoms with Gasteiger partial charge in [-0.1, -0.05) is 24.3 Å². The maximum Gasteiger partial charge on any atom is 0.323 e. The Hall–Kier alpha value is -4.46. The van der Waals surface area contributed by atoms with Crippen molar-refractivity contribution >= 4 is 17.4 Å². The van der Waals surface area contributed by atoms with Crippen LogP contribution in [0.1, 0.15) is 5.56 Å². The molecule has 8 heteroatoms. The number of aryl methyl sites for hydroxylation is 1. The van der Waals surface area contributed by atoms with Crippen LogP contribution in [0.4, 0.5) is 16.2 Å². The lowest BCUT2D eigenvalue weighted by molar-refractivity contribution is 0.262. The van der Waals surface area contributed by atoms with Gasteiger partial charge in [-0.2, -0.15) is 5.10 Å². The SMILES string of the molecule is COc1cc(C)ccc1NC(=O)Nc1cn(-c2ccccc2)nc1-c1ccc(OC)c(OC)c1. The number of aromatic nitrogens is 2. The highest BCUT2D eigenvalue weighted by molar-refractivity contribution is 6.02. The predicted octanol–water partition coefficient (Wildman–Crippen LogP) is 5.52. The Kier molecular flexibility index (Phi) is 6.68. The van der Waals surface area contributed by atoms with Gasteiger partial charge in [0.05, 0.1) is 44.6 Å². The van der Waals surface area contributed by atoms with Gasteiger partial charge in [0.15, 0.2) is 11.5 Å². The molecule has 0 atom stereocenters. The fourth-order valence-corrected chi connectivity index (χ4v) is 3.55. The number of carbonyl (C=O) groups is 1. The van der Waals surface area contributed by atoms with Gasteiger partial charge >= 0.3 is 6.03 Å². The van der Waals surface area contributed by atoms with Crippen molar-refractivity contribution < 1.29 is 19.0 Å². The Morgan fingerprint density at radius 3 is 2.21 bits per heavy atom. The zero-order chi connectivity index (χ0) is 24.1. The number of nitrogens with one attached hydrogen (secondary N) is 2. The molecule has 1 heterocycles. The van der Waals surface area contributed by atoms with Gasteiger partial charge < -0.3 is 24.8 Å². The van der Waals surface area contributed by atoms with Gasteiger partial charge in [-0.3, -0.25) is 0 Å². The molecule has 2 amide bonds. The van der Waals surface area contributed by atoms with E-state index in [1.165, 1.54) is 0 Å². The van der Waals surface area contributed by atoms with Gasteiger partial charge in [0, 0.05) is 5.56 Å². The molecule has 0 saturated heterocycles. The molecule has 0 unspecified atom stereocenters. The molecule has 0 aliphatic carbocycles. The second kappa shape index (κ2) is 9.99. The number of amides is 2. The molecule has 0 bridgehead atoms. The second-order valence-electron chi connectivity index (χ2n) is 7.52. The summed E-state index contributed by atoms with van der Waals surface area (Å²) in [5.74, 6) is 1.75. The monoisotopic (exact) mass is 458 g/mol. The molecular weight excluding hydrogens is 432 g/mol. The van der Waals surface area contributed by atoms with Crippen LogP contribution in [0.2, 0.25) is 0 Å². The zero-order valence-corrected chi connectivity index (χ0v) is 19.5. The highest BCUT2D eigenvalue weighted by Crippen LogP contribution is 2.35. The number of methoxy groups -OCH3 is 3. The van der Waals surface area contributed by atoms with Crippen LogP contribution in [0.5, 0.6) is 17.2 Å². The normalized spacial score (nSPS) is 10.5. The standard InChI is InChI=1S/C26H26N4O4/c1-17-10-12-20(23(14-17)33-3)27-26(31)28-21-16-30(19-8-6-5-7-9-19)29-25(21)18-11-13-22(32-2)24(15-18)34-4/h5-16H,1-4H3,(H2,27,28,31). The van der Waals surface area contributed by atoms with E-state index < -0.39 is 6.03 Å². The van der Waals surface area contributed by atoms with E-state index in [9.17, 15) is 4.79 Å².